The Morgan fingerprint density at radius 1 is 0.926 bits per heavy atom. The zero-order valence-corrected chi connectivity index (χ0v) is 16.1. The number of carbonyl (C=O) groups excluding carboxylic acids is 2. The molecule has 1 aliphatic carbocycles. The summed E-state index contributed by atoms with van der Waals surface area (Å²) in [7, 11) is 0. The van der Waals surface area contributed by atoms with E-state index in [0.29, 0.717) is 24.4 Å². The summed E-state index contributed by atoms with van der Waals surface area (Å²) in [5.74, 6) is 0.984. The number of hydrogen-bond acceptors (Lipinski definition) is 3. The number of piperidine rings is 2. The molecule has 5 heteroatoms. The van der Waals surface area contributed by atoms with Gasteiger partial charge in [-0.05, 0) is 50.6 Å². The Labute approximate surface area is 162 Å². The molecule has 2 saturated heterocycles. The minimum absolute atomic E-state index is 0.0913. The molecule has 3 aliphatic rings. The van der Waals surface area contributed by atoms with Crippen molar-refractivity contribution in [3.63, 3.8) is 0 Å². The molecule has 0 bridgehead atoms. The van der Waals surface area contributed by atoms with Crippen LogP contribution in [0.5, 0.6) is 0 Å². The minimum atomic E-state index is 0.0913. The Kier molecular flexibility index (Phi) is 5.77. The monoisotopic (exact) mass is 369 g/mol. The number of hydrogen-bond donors (Lipinski definition) is 1. The van der Waals surface area contributed by atoms with Crippen molar-refractivity contribution in [3.8, 4) is 0 Å². The molecule has 1 unspecified atom stereocenters. The fraction of sp³-hybridized carbons (Fsp3) is 0.636. The highest BCUT2D eigenvalue weighted by atomic mass is 16.2. The molecule has 27 heavy (non-hydrogen) atoms. The molecule has 3 fully saturated rings. The predicted molar refractivity (Wildman–Crippen MR) is 105 cm³/mol. The summed E-state index contributed by atoms with van der Waals surface area (Å²) in [6.45, 7) is 4.34. The second-order valence-electron chi connectivity index (χ2n) is 8.37. The van der Waals surface area contributed by atoms with Gasteiger partial charge in [0.25, 0.3) is 0 Å². The van der Waals surface area contributed by atoms with Crippen molar-refractivity contribution in [1.82, 2.24) is 15.1 Å². The summed E-state index contributed by atoms with van der Waals surface area (Å²) in [6, 6.07) is 10.6. The standard InChI is InChI=1S/C22H31N3O2/c26-21(23-15-17-5-2-1-3-6-17)19-7-4-12-25(16-19)20-10-13-24(14-11-20)22(27)18-8-9-18/h1-3,5-6,18-20H,4,7-16H2,(H,23,26). The molecule has 5 nitrogen and oxygen atoms in total. The molecule has 2 amide bonds. The van der Waals surface area contributed by atoms with Gasteiger partial charge < -0.3 is 10.2 Å². The van der Waals surface area contributed by atoms with Gasteiger partial charge in [0, 0.05) is 38.1 Å². The molecule has 1 N–H and O–H groups in total. The lowest BCUT2D eigenvalue weighted by atomic mass is 9.93. The second kappa shape index (κ2) is 8.42. The Morgan fingerprint density at radius 2 is 1.67 bits per heavy atom. The van der Waals surface area contributed by atoms with E-state index >= 15 is 0 Å². The Hall–Kier alpha value is -1.88. The third kappa shape index (κ3) is 4.70. The molecule has 2 heterocycles. The molecule has 1 saturated carbocycles. The van der Waals surface area contributed by atoms with Gasteiger partial charge in [-0.1, -0.05) is 30.3 Å². The molecular formula is C22H31N3O2. The van der Waals surface area contributed by atoms with Crippen LogP contribution < -0.4 is 5.32 Å². The molecule has 1 aromatic carbocycles. The van der Waals surface area contributed by atoms with E-state index in [-0.39, 0.29) is 11.8 Å². The molecule has 2 aliphatic heterocycles. The van der Waals surface area contributed by atoms with Crippen LogP contribution >= 0.6 is 0 Å². The first-order valence-corrected chi connectivity index (χ1v) is 10.5. The van der Waals surface area contributed by atoms with Crippen LogP contribution in [0.25, 0.3) is 0 Å². The molecular weight excluding hydrogens is 338 g/mol. The van der Waals surface area contributed by atoms with Gasteiger partial charge in [0.1, 0.15) is 0 Å². The number of amides is 2. The largest absolute Gasteiger partial charge is 0.352 e. The van der Waals surface area contributed by atoms with Crippen molar-refractivity contribution in [2.24, 2.45) is 11.8 Å². The van der Waals surface area contributed by atoms with Crippen LogP contribution in [0.1, 0.15) is 44.1 Å². The Bertz CT molecular complexity index is 651. The number of nitrogens with one attached hydrogen (secondary N) is 1. The summed E-state index contributed by atoms with van der Waals surface area (Å²) in [6.07, 6.45) is 6.35. The molecule has 0 spiro atoms. The van der Waals surface area contributed by atoms with Gasteiger partial charge in [0.15, 0.2) is 0 Å². The quantitative estimate of drug-likeness (QED) is 0.867. The van der Waals surface area contributed by atoms with Crippen LogP contribution in [0, 0.1) is 11.8 Å². The van der Waals surface area contributed by atoms with Crippen LogP contribution in [0.3, 0.4) is 0 Å². The van der Waals surface area contributed by atoms with Crippen molar-refractivity contribution in [1.29, 1.82) is 0 Å². The maximum Gasteiger partial charge on any atom is 0.225 e. The van der Waals surface area contributed by atoms with Crippen molar-refractivity contribution in [2.75, 3.05) is 26.2 Å². The van der Waals surface area contributed by atoms with Gasteiger partial charge in [0.2, 0.25) is 11.8 Å². The van der Waals surface area contributed by atoms with Crippen molar-refractivity contribution >= 4 is 11.8 Å². The molecule has 1 atom stereocenters. The molecule has 146 valence electrons. The predicted octanol–water partition coefficient (Wildman–Crippen LogP) is 2.42. The zero-order valence-electron chi connectivity index (χ0n) is 16.1. The number of likely N-dealkylation sites (tertiary alicyclic amines) is 2. The van der Waals surface area contributed by atoms with E-state index in [0.717, 1.165) is 70.3 Å². The number of rotatable bonds is 5. The summed E-state index contributed by atoms with van der Waals surface area (Å²) in [5.41, 5.74) is 1.14. The highest BCUT2D eigenvalue weighted by Gasteiger charge is 2.37. The lowest BCUT2D eigenvalue weighted by Crippen LogP contribution is -2.51. The average Bonchev–Trinajstić information content (AvgIpc) is 3.58. The molecule has 0 radical (unpaired) electrons. The van der Waals surface area contributed by atoms with E-state index in [1.165, 1.54) is 0 Å². The Morgan fingerprint density at radius 3 is 2.37 bits per heavy atom. The maximum absolute atomic E-state index is 12.6. The molecule has 1 aromatic rings. The normalized spacial score (nSPS) is 24.6. The zero-order chi connectivity index (χ0) is 18.6. The van der Waals surface area contributed by atoms with Crippen LogP contribution in [-0.4, -0.2) is 53.8 Å². The maximum atomic E-state index is 12.6. The van der Waals surface area contributed by atoms with Crippen LogP contribution in [0.2, 0.25) is 0 Å². The van der Waals surface area contributed by atoms with Crippen molar-refractivity contribution in [2.45, 2.75) is 51.1 Å². The van der Waals surface area contributed by atoms with E-state index in [1.54, 1.807) is 0 Å². The van der Waals surface area contributed by atoms with Gasteiger partial charge in [-0.15, -0.1) is 0 Å². The average molecular weight is 370 g/mol. The summed E-state index contributed by atoms with van der Waals surface area (Å²) >= 11 is 0. The Balaban J connectivity index is 1.24. The summed E-state index contributed by atoms with van der Waals surface area (Å²) in [5, 5.41) is 3.12. The van der Waals surface area contributed by atoms with E-state index in [4.69, 9.17) is 0 Å². The van der Waals surface area contributed by atoms with Gasteiger partial charge in [0.05, 0.1) is 5.92 Å². The van der Waals surface area contributed by atoms with E-state index in [2.05, 4.69) is 15.1 Å². The SMILES string of the molecule is O=C(NCc1ccccc1)C1CCCN(C2CCN(C(=O)C3CC3)CC2)C1. The molecule has 0 aromatic heterocycles. The number of carbonyl (C=O) groups is 2. The lowest BCUT2D eigenvalue weighted by Gasteiger charge is -2.42. The number of nitrogens with zero attached hydrogens (tertiary/aromatic N) is 2. The highest BCUT2D eigenvalue weighted by molar-refractivity contribution is 5.81. The first kappa shape index (κ1) is 18.5. The molecule has 4 rings (SSSR count). The van der Waals surface area contributed by atoms with Crippen molar-refractivity contribution in [3.05, 3.63) is 35.9 Å². The van der Waals surface area contributed by atoms with E-state index in [9.17, 15) is 9.59 Å². The van der Waals surface area contributed by atoms with Crippen LogP contribution in [-0.2, 0) is 16.1 Å². The number of benzene rings is 1. The van der Waals surface area contributed by atoms with Gasteiger partial charge in [-0.3, -0.25) is 14.5 Å². The van der Waals surface area contributed by atoms with E-state index < -0.39 is 0 Å². The fourth-order valence-electron chi connectivity index (χ4n) is 4.52. The van der Waals surface area contributed by atoms with Crippen LogP contribution in [0.15, 0.2) is 30.3 Å². The van der Waals surface area contributed by atoms with E-state index in [1.807, 2.05) is 30.3 Å². The highest BCUT2D eigenvalue weighted by Crippen LogP contribution is 2.32. The third-order valence-electron chi connectivity index (χ3n) is 6.35. The topological polar surface area (TPSA) is 52.7 Å². The lowest BCUT2D eigenvalue weighted by molar-refractivity contribution is -0.134. The first-order valence-electron chi connectivity index (χ1n) is 10.5. The van der Waals surface area contributed by atoms with Gasteiger partial charge in [-0.2, -0.15) is 0 Å². The first-order chi connectivity index (χ1) is 13.2. The minimum Gasteiger partial charge on any atom is -0.352 e. The van der Waals surface area contributed by atoms with Crippen molar-refractivity contribution < 1.29 is 9.59 Å². The fourth-order valence-corrected chi connectivity index (χ4v) is 4.52. The van der Waals surface area contributed by atoms with Gasteiger partial charge >= 0.3 is 0 Å². The summed E-state index contributed by atoms with van der Waals surface area (Å²) in [4.78, 5) is 29.4. The summed E-state index contributed by atoms with van der Waals surface area (Å²) < 4.78 is 0. The van der Waals surface area contributed by atoms with Crippen LogP contribution in [0.4, 0.5) is 0 Å². The smallest absolute Gasteiger partial charge is 0.225 e. The second-order valence-corrected chi connectivity index (χ2v) is 8.37. The third-order valence-corrected chi connectivity index (χ3v) is 6.35. The van der Waals surface area contributed by atoms with Gasteiger partial charge in [-0.25, -0.2) is 0 Å².